The Morgan fingerprint density at radius 3 is 2.57 bits per heavy atom. The number of fused-ring (bicyclic) bond motifs is 1. The van der Waals surface area contributed by atoms with Crippen LogP contribution in [-0.2, 0) is 12.8 Å². The Morgan fingerprint density at radius 1 is 1.17 bits per heavy atom. The van der Waals surface area contributed by atoms with Crippen LogP contribution in [0.15, 0.2) is 18.2 Å². The number of nitrogens with one attached hydrogen (secondary N) is 1. The average Bonchev–Trinajstić information content (AvgIpc) is 2.67. The van der Waals surface area contributed by atoms with E-state index >= 15 is 0 Å². The van der Waals surface area contributed by atoms with E-state index in [0.29, 0.717) is 20.6 Å². The Labute approximate surface area is 148 Å². The van der Waals surface area contributed by atoms with Gasteiger partial charge in [0.1, 0.15) is 11.1 Å². The van der Waals surface area contributed by atoms with Gasteiger partial charge in [-0.3, -0.25) is 4.79 Å². The third-order valence-electron chi connectivity index (χ3n) is 3.95. The maximum Gasteiger partial charge on any atom is 0.259 e. The number of hydrogen-bond donors (Lipinski definition) is 1. The molecule has 1 N–H and O–H groups in total. The zero-order valence-electron chi connectivity index (χ0n) is 12.3. The van der Waals surface area contributed by atoms with Crippen molar-refractivity contribution >= 4 is 45.4 Å². The van der Waals surface area contributed by atoms with Crippen LogP contribution in [0.3, 0.4) is 0 Å². The van der Waals surface area contributed by atoms with Crippen molar-refractivity contribution in [1.29, 1.82) is 5.26 Å². The number of amides is 1. The number of rotatable bonds is 2. The molecule has 0 spiro atoms. The van der Waals surface area contributed by atoms with E-state index in [-0.39, 0.29) is 11.5 Å². The highest BCUT2D eigenvalue weighted by molar-refractivity contribution is 7.16. The van der Waals surface area contributed by atoms with E-state index in [1.807, 2.05) is 0 Å². The summed E-state index contributed by atoms with van der Waals surface area (Å²) in [5.74, 6) is -0.381. The summed E-state index contributed by atoms with van der Waals surface area (Å²) in [5.41, 5.74) is 1.92. The molecule has 1 aliphatic carbocycles. The van der Waals surface area contributed by atoms with Gasteiger partial charge in [0.2, 0.25) is 0 Å². The lowest BCUT2D eigenvalue weighted by atomic mass is 10.1. The second-order valence-electron chi connectivity index (χ2n) is 5.43. The van der Waals surface area contributed by atoms with Gasteiger partial charge >= 0.3 is 0 Å². The number of halogens is 2. The molecule has 1 aliphatic rings. The van der Waals surface area contributed by atoms with Crippen LogP contribution < -0.4 is 5.32 Å². The van der Waals surface area contributed by atoms with Gasteiger partial charge in [0.05, 0.1) is 21.2 Å². The van der Waals surface area contributed by atoms with Gasteiger partial charge in [-0.15, -0.1) is 11.3 Å². The Kier molecular flexibility index (Phi) is 4.91. The fourth-order valence-electron chi connectivity index (χ4n) is 2.83. The van der Waals surface area contributed by atoms with Crippen LogP contribution in [-0.4, -0.2) is 5.91 Å². The second kappa shape index (κ2) is 6.92. The first-order valence-electron chi connectivity index (χ1n) is 7.42. The van der Waals surface area contributed by atoms with Crippen molar-refractivity contribution in [3.8, 4) is 6.07 Å². The standard InChI is InChI=1S/C17H14Cl2N2OS/c18-12-6-4-7-13(19)15(12)16(22)21-17-11(9-20)10-5-2-1-3-8-14(10)23-17/h4,6-7H,1-3,5,8H2,(H,21,22). The van der Waals surface area contributed by atoms with Crippen molar-refractivity contribution in [1.82, 2.24) is 0 Å². The minimum Gasteiger partial charge on any atom is -0.312 e. The molecular weight excluding hydrogens is 351 g/mol. The normalized spacial score (nSPS) is 13.8. The SMILES string of the molecule is N#Cc1c(NC(=O)c2c(Cl)cccc2Cl)sc2c1CCCCC2. The van der Waals surface area contributed by atoms with E-state index in [2.05, 4.69) is 11.4 Å². The number of carbonyl (C=O) groups excluding carboxylic acids is 1. The molecule has 1 heterocycles. The van der Waals surface area contributed by atoms with Gasteiger partial charge in [-0.25, -0.2) is 0 Å². The molecular formula is C17H14Cl2N2OS. The molecule has 0 unspecified atom stereocenters. The minimum absolute atomic E-state index is 0.239. The van der Waals surface area contributed by atoms with E-state index in [9.17, 15) is 10.1 Å². The van der Waals surface area contributed by atoms with Crippen molar-refractivity contribution < 1.29 is 4.79 Å². The van der Waals surface area contributed by atoms with Crippen molar-refractivity contribution in [2.75, 3.05) is 5.32 Å². The topological polar surface area (TPSA) is 52.9 Å². The maximum atomic E-state index is 12.5. The van der Waals surface area contributed by atoms with Gasteiger partial charge < -0.3 is 5.32 Å². The zero-order chi connectivity index (χ0) is 16.4. The van der Waals surface area contributed by atoms with E-state index in [1.165, 1.54) is 22.6 Å². The largest absolute Gasteiger partial charge is 0.312 e. The molecule has 0 bridgehead atoms. The number of thiophene rings is 1. The lowest BCUT2D eigenvalue weighted by Gasteiger charge is -2.07. The highest BCUT2D eigenvalue weighted by Crippen LogP contribution is 2.37. The molecule has 0 fully saturated rings. The molecule has 1 amide bonds. The van der Waals surface area contributed by atoms with E-state index in [4.69, 9.17) is 23.2 Å². The molecule has 2 aromatic rings. The van der Waals surface area contributed by atoms with Gasteiger partial charge in [-0.1, -0.05) is 35.7 Å². The molecule has 1 aromatic heterocycles. The first-order valence-corrected chi connectivity index (χ1v) is 8.99. The molecule has 23 heavy (non-hydrogen) atoms. The molecule has 3 rings (SSSR count). The summed E-state index contributed by atoms with van der Waals surface area (Å²) in [6, 6.07) is 7.18. The summed E-state index contributed by atoms with van der Waals surface area (Å²) in [6.07, 6.45) is 5.27. The maximum absolute atomic E-state index is 12.5. The number of aryl methyl sites for hydroxylation is 1. The first kappa shape index (κ1) is 16.3. The van der Waals surface area contributed by atoms with Crippen LogP contribution in [0, 0.1) is 11.3 Å². The van der Waals surface area contributed by atoms with Crippen molar-refractivity contribution in [2.45, 2.75) is 32.1 Å². The quantitative estimate of drug-likeness (QED) is 0.720. The lowest BCUT2D eigenvalue weighted by molar-refractivity contribution is 0.102. The zero-order valence-corrected chi connectivity index (χ0v) is 14.6. The molecule has 0 atom stereocenters. The molecule has 0 radical (unpaired) electrons. The number of carbonyl (C=O) groups is 1. The summed E-state index contributed by atoms with van der Waals surface area (Å²) in [7, 11) is 0. The molecule has 118 valence electrons. The fourth-order valence-corrected chi connectivity index (χ4v) is 4.63. The summed E-state index contributed by atoms with van der Waals surface area (Å²) >= 11 is 13.7. The number of nitrogens with zero attached hydrogens (tertiary/aromatic N) is 1. The number of benzene rings is 1. The third kappa shape index (κ3) is 3.23. The van der Waals surface area contributed by atoms with Crippen LogP contribution in [0.4, 0.5) is 5.00 Å². The monoisotopic (exact) mass is 364 g/mol. The summed E-state index contributed by atoms with van der Waals surface area (Å²) in [4.78, 5) is 13.7. The highest BCUT2D eigenvalue weighted by Gasteiger charge is 2.22. The Hall–Kier alpha value is -1.54. The Balaban J connectivity index is 1.95. The van der Waals surface area contributed by atoms with Gasteiger partial charge in [0.25, 0.3) is 5.91 Å². The fraction of sp³-hybridized carbons (Fsp3) is 0.294. The molecule has 0 aliphatic heterocycles. The highest BCUT2D eigenvalue weighted by atomic mass is 35.5. The molecule has 0 saturated carbocycles. The van der Waals surface area contributed by atoms with E-state index < -0.39 is 0 Å². The van der Waals surface area contributed by atoms with Crippen molar-refractivity contribution in [3.05, 3.63) is 49.8 Å². The molecule has 0 saturated heterocycles. The van der Waals surface area contributed by atoms with Crippen LogP contribution >= 0.6 is 34.5 Å². The first-order chi connectivity index (χ1) is 11.1. The van der Waals surface area contributed by atoms with Crippen LogP contribution in [0.1, 0.15) is 45.6 Å². The number of hydrogen-bond acceptors (Lipinski definition) is 3. The van der Waals surface area contributed by atoms with Crippen molar-refractivity contribution in [3.63, 3.8) is 0 Å². The van der Waals surface area contributed by atoms with Crippen molar-refractivity contribution in [2.24, 2.45) is 0 Å². The van der Waals surface area contributed by atoms with Gasteiger partial charge in [-0.05, 0) is 43.4 Å². The van der Waals surface area contributed by atoms with E-state index in [0.717, 1.165) is 31.2 Å². The summed E-state index contributed by atoms with van der Waals surface area (Å²) in [6.45, 7) is 0. The van der Waals surface area contributed by atoms with Crippen LogP contribution in [0.2, 0.25) is 10.0 Å². The predicted octanol–water partition coefficient (Wildman–Crippen LogP) is 5.45. The predicted molar refractivity (Wildman–Crippen MR) is 94.7 cm³/mol. The Morgan fingerprint density at radius 2 is 1.87 bits per heavy atom. The summed E-state index contributed by atoms with van der Waals surface area (Å²) < 4.78 is 0. The third-order valence-corrected chi connectivity index (χ3v) is 5.79. The van der Waals surface area contributed by atoms with Crippen LogP contribution in [0.5, 0.6) is 0 Å². The second-order valence-corrected chi connectivity index (χ2v) is 7.35. The van der Waals surface area contributed by atoms with Gasteiger partial charge in [0.15, 0.2) is 0 Å². The van der Waals surface area contributed by atoms with E-state index in [1.54, 1.807) is 18.2 Å². The average molecular weight is 365 g/mol. The number of anilines is 1. The molecule has 1 aromatic carbocycles. The van der Waals surface area contributed by atoms with Crippen LogP contribution in [0.25, 0.3) is 0 Å². The minimum atomic E-state index is -0.381. The Bertz CT molecular complexity index is 787. The lowest BCUT2D eigenvalue weighted by Crippen LogP contribution is -2.13. The van der Waals surface area contributed by atoms with Gasteiger partial charge in [-0.2, -0.15) is 5.26 Å². The summed E-state index contributed by atoms with van der Waals surface area (Å²) in [5, 5.41) is 13.5. The smallest absolute Gasteiger partial charge is 0.259 e. The molecule has 3 nitrogen and oxygen atoms in total. The van der Waals surface area contributed by atoms with Gasteiger partial charge in [0, 0.05) is 4.88 Å². The molecule has 6 heteroatoms. The number of nitriles is 1.